The molecular weight excluding hydrogens is 468 g/mol. The molecule has 0 unspecified atom stereocenters. The predicted molar refractivity (Wildman–Crippen MR) is 109 cm³/mol. The standard InChI is InChI=1S/C21H21F6N5O2/c1-10-4-5-13(6-11(10)2)14-7-16(20(22,23)24)31-17(28-14)8-15(30-31)18(33)32-19(34,21(25,26)27)9-12(3)29-32/h4-6,8,14,16,28,34H,7,9H2,1-3H3/t14-,16-,19+/m1/s1. The molecule has 13 heteroatoms. The van der Waals surface area contributed by atoms with Crippen LogP contribution in [-0.2, 0) is 0 Å². The van der Waals surface area contributed by atoms with Gasteiger partial charge in [-0.2, -0.15) is 41.6 Å². The van der Waals surface area contributed by atoms with Gasteiger partial charge in [-0.15, -0.1) is 0 Å². The van der Waals surface area contributed by atoms with E-state index in [1.807, 2.05) is 13.8 Å². The van der Waals surface area contributed by atoms with Crippen molar-refractivity contribution < 1.29 is 36.2 Å². The van der Waals surface area contributed by atoms with Crippen molar-refractivity contribution in [1.82, 2.24) is 14.8 Å². The molecule has 184 valence electrons. The Balaban J connectivity index is 1.73. The Labute approximate surface area is 190 Å². The zero-order valence-corrected chi connectivity index (χ0v) is 18.3. The minimum absolute atomic E-state index is 0.167. The number of hydrogen-bond acceptors (Lipinski definition) is 5. The molecule has 3 heterocycles. The van der Waals surface area contributed by atoms with Crippen molar-refractivity contribution in [3.63, 3.8) is 0 Å². The predicted octanol–water partition coefficient (Wildman–Crippen LogP) is 4.63. The molecule has 34 heavy (non-hydrogen) atoms. The lowest BCUT2D eigenvalue weighted by molar-refractivity contribution is -0.297. The molecule has 1 amide bonds. The molecule has 2 aliphatic heterocycles. The summed E-state index contributed by atoms with van der Waals surface area (Å²) in [6.07, 6.45) is -11.4. The molecule has 7 nitrogen and oxygen atoms in total. The highest BCUT2D eigenvalue weighted by Gasteiger charge is 2.63. The molecular formula is C21H21F6N5O2. The van der Waals surface area contributed by atoms with Crippen molar-refractivity contribution in [2.75, 3.05) is 5.32 Å². The van der Waals surface area contributed by atoms with E-state index in [9.17, 15) is 36.2 Å². The van der Waals surface area contributed by atoms with Crippen LogP contribution in [0.2, 0.25) is 0 Å². The summed E-state index contributed by atoms with van der Waals surface area (Å²) in [5.41, 5.74) is -2.06. The third-order valence-electron chi connectivity index (χ3n) is 6.11. The highest BCUT2D eigenvalue weighted by Crippen LogP contribution is 2.45. The average molecular weight is 489 g/mol. The molecule has 2 N–H and O–H groups in total. The number of rotatable bonds is 2. The molecule has 0 spiro atoms. The van der Waals surface area contributed by atoms with Gasteiger partial charge in [-0.3, -0.25) is 4.79 Å². The van der Waals surface area contributed by atoms with Gasteiger partial charge in [0.1, 0.15) is 5.82 Å². The van der Waals surface area contributed by atoms with E-state index in [0.717, 1.165) is 17.2 Å². The smallest absolute Gasteiger partial charge is 0.363 e. The number of aliphatic hydroxyl groups is 1. The van der Waals surface area contributed by atoms with Crippen LogP contribution in [0, 0.1) is 13.8 Å². The number of carbonyl (C=O) groups is 1. The van der Waals surface area contributed by atoms with Crippen molar-refractivity contribution in [3.8, 4) is 0 Å². The second kappa shape index (κ2) is 7.72. The molecule has 0 saturated heterocycles. The van der Waals surface area contributed by atoms with Crippen LogP contribution in [0.3, 0.4) is 0 Å². The van der Waals surface area contributed by atoms with Gasteiger partial charge in [0.15, 0.2) is 11.7 Å². The lowest BCUT2D eigenvalue weighted by Gasteiger charge is -2.33. The van der Waals surface area contributed by atoms with Gasteiger partial charge in [-0.05, 0) is 37.5 Å². The number of aryl methyl sites for hydroxylation is 2. The third-order valence-corrected chi connectivity index (χ3v) is 6.11. The van der Waals surface area contributed by atoms with Crippen molar-refractivity contribution >= 4 is 17.4 Å². The zero-order chi connectivity index (χ0) is 25.2. The first-order chi connectivity index (χ1) is 15.6. The molecule has 0 fully saturated rings. The van der Waals surface area contributed by atoms with Crippen LogP contribution in [0.15, 0.2) is 29.4 Å². The molecule has 0 bridgehead atoms. The van der Waals surface area contributed by atoms with Crippen molar-refractivity contribution in [2.24, 2.45) is 5.10 Å². The van der Waals surface area contributed by atoms with Crippen LogP contribution in [0.5, 0.6) is 0 Å². The Bertz CT molecular complexity index is 1170. The summed E-state index contributed by atoms with van der Waals surface area (Å²) in [5.74, 6) is -1.65. The summed E-state index contributed by atoms with van der Waals surface area (Å²) in [6, 6.07) is 3.26. The SMILES string of the molecule is CC1=NN(C(=O)c2cc3n(n2)[C@@H](C(F)(F)F)C[C@H](c2ccc(C)c(C)c2)N3)[C@@](O)(C(F)(F)F)C1. The van der Waals surface area contributed by atoms with E-state index in [1.165, 1.54) is 6.92 Å². The summed E-state index contributed by atoms with van der Waals surface area (Å²) >= 11 is 0. The maximum atomic E-state index is 13.9. The number of nitrogens with one attached hydrogen (secondary N) is 1. The number of amides is 1. The number of alkyl halides is 6. The normalized spacial score (nSPS) is 25.1. The second-order valence-electron chi connectivity index (χ2n) is 8.64. The molecule has 0 saturated carbocycles. The largest absolute Gasteiger partial charge is 0.438 e. The van der Waals surface area contributed by atoms with Gasteiger partial charge in [-0.1, -0.05) is 18.2 Å². The first-order valence-electron chi connectivity index (χ1n) is 10.3. The van der Waals surface area contributed by atoms with Gasteiger partial charge in [-0.25, -0.2) is 4.68 Å². The molecule has 1 aromatic carbocycles. The van der Waals surface area contributed by atoms with Crippen LogP contribution >= 0.6 is 0 Å². The number of fused-ring (bicyclic) bond motifs is 1. The molecule has 4 rings (SSSR count). The van der Waals surface area contributed by atoms with Crippen LogP contribution in [0.1, 0.15) is 59.0 Å². The highest BCUT2D eigenvalue weighted by molar-refractivity contribution is 5.97. The van der Waals surface area contributed by atoms with Crippen molar-refractivity contribution in [2.45, 2.75) is 63.8 Å². The molecule has 1 aromatic heterocycles. The van der Waals surface area contributed by atoms with Gasteiger partial charge < -0.3 is 10.4 Å². The van der Waals surface area contributed by atoms with E-state index >= 15 is 0 Å². The number of carbonyl (C=O) groups excluding carboxylic acids is 1. The second-order valence-corrected chi connectivity index (χ2v) is 8.64. The minimum atomic E-state index is -5.25. The van der Waals surface area contributed by atoms with Gasteiger partial charge >= 0.3 is 12.4 Å². The molecule has 2 aromatic rings. The zero-order valence-electron chi connectivity index (χ0n) is 18.3. The highest BCUT2D eigenvalue weighted by atomic mass is 19.4. The summed E-state index contributed by atoms with van der Waals surface area (Å²) in [7, 11) is 0. The number of halogens is 6. The summed E-state index contributed by atoms with van der Waals surface area (Å²) in [6.45, 7) is 4.88. The van der Waals surface area contributed by atoms with Gasteiger partial charge in [0.05, 0.1) is 6.04 Å². The molecule has 3 atom stereocenters. The fourth-order valence-corrected chi connectivity index (χ4v) is 4.14. The van der Waals surface area contributed by atoms with E-state index in [-0.39, 0.29) is 16.5 Å². The van der Waals surface area contributed by atoms with E-state index in [4.69, 9.17) is 0 Å². The Morgan fingerprint density at radius 3 is 2.38 bits per heavy atom. The van der Waals surface area contributed by atoms with Crippen molar-refractivity contribution in [3.05, 3.63) is 46.6 Å². The Hall–Kier alpha value is -3.09. The van der Waals surface area contributed by atoms with E-state index in [1.54, 1.807) is 18.2 Å². The van der Waals surface area contributed by atoms with E-state index in [2.05, 4.69) is 15.5 Å². The number of anilines is 1. The average Bonchev–Trinajstić information content (AvgIpc) is 3.28. The number of aromatic nitrogens is 2. The topological polar surface area (TPSA) is 82.8 Å². The maximum absolute atomic E-state index is 13.9. The fraction of sp³-hybridized carbons (Fsp3) is 0.476. The monoisotopic (exact) mass is 489 g/mol. The lowest BCUT2D eigenvalue weighted by atomic mass is 9.94. The summed E-state index contributed by atoms with van der Waals surface area (Å²) < 4.78 is 82.7. The van der Waals surface area contributed by atoms with Crippen LogP contribution < -0.4 is 5.32 Å². The maximum Gasteiger partial charge on any atom is 0.438 e. The van der Waals surface area contributed by atoms with Crippen LogP contribution in [0.25, 0.3) is 0 Å². The number of nitrogens with zero attached hydrogens (tertiary/aromatic N) is 4. The number of hydrazone groups is 1. The fourth-order valence-electron chi connectivity index (χ4n) is 4.14. The summed E-state index contributed by atoms with van der Waals surface area (Å²) in [4.78, 5) is 12.8. The van der Waals surface area contributed by atoms with E-state index < -0.39 is 54.6 Å². The van der Waals surface area contributed by atoms with Gasteiger partial charge in [0, 0.05) is 24.6 Å². The van der Waals surface area contributed by atoms with Crippen LogP contribution in [-0.4, -0.2) is 49.6 Å². The van der Waals surface area contributed by atoms with Gasteiger partial charge in [0.25, 0.3) is 11.6 Å². The first kappa shape index (κ1) is 24.0. The molecule has 0 aliphatic carbocycles. The number of benzene rings is 1. The molecule has 0 radical (unpaired) electrons. The number of hydrogen-bond donors (Lipinski definition) is 2. The van der Waals surface area contributed by atoms with Gasteiger partial charge in [0.2, 0.25) is 0 Å². The van der Waals surface area contributed by atoms with Crippen LogP contribution in [0.4, 0.5) is 32.2 Å². The molecule has 2 aliphatic rings. The quantitative estimate of drug-likeness (QED) is 0.603. The first-order valence-corrected chi connectivity index (χ1v) is 10.3. The Kier molecular flexibility index (Phi) is 5.46. The Morgan fingerprint density at radius 2 is 1.79 bits per heavy atom. The summed E-state index contributed by atoms with van der Waals surface area (Å²) in [5, 5.41) is 20.0. The lowest BCUT2D eigenvalue weighted by Crippen LogP contribution is -2.56. The van der Waals surface area contributed by atoms with Crippen molar-refractivity contribution in [1.29, 1.82) is 0 Å². The third kappa shape index (κ3) is 3.91. The van der Waals surface area contributed by atoms with E-state index in [0.29, 0.717) is 10.2 Å². The Morgan fingerprint density at radius 1 is 1.12 bits per heavy atom. The minimum Gasteiger partial charge on any atom is -0.363 e.